The number of carbonyl (C=O) groups is 1. The number of rotatable bonds is 4. The van der Waals surface area contributed by atoms with Gasteiger partial charge in [0.1, 0.15) is 12.6 Å². The average molecular weight is 230 g/mol. The molecule has 0 spiro atoms. The Morgan fingerprint density at radius 1 is 1.40 bits per heavy atom. The molecule has 1 atom stereocenters. The number of ether oxygens (including phenoxy) is 1. The van der Waals surface area contributed by atoms with E-state index < -0.39 is 0 Å². The molecule has 0 heterocycles. The van der Waals surface area contributed by atoms with Crippen molar-refractivity contribution >= 4 is 18.4 Å². The first-order chi connectivity index (χ1) is 6.74. The molecule has 0 aliphatic carbocycles. The molecule has 15 heavy (non-hydrogen) atoms. The van der Waals surface area contributed by atoms with Crippen LogP contribution in [-0.2, 0) is 16.1 Å². The van der Waals surface area contributed by atoms with Crippen molar-refractivity contribution < 1.29 is 9.53 Å². The Hall–Kier alpha value is -1.06. The Balaban J connectivity index is 0.00000196. The number of benzene rings is 1. The minimum absolute atomic E-state index is 0. The predicted octanol–water partition coefficient (Wildman–Crippen LogP) is 1.76. The molecule has 0 radical (unpaired) electrons. The van der Waals surface area contributed by atoms with Gasteiger partial charge in [0.25, 0.3) is 0 Å². The highest BCUT2D eigenvalue weighted by Gasteiger charge is 2.10. The van der Waals surface area contributed by atoms with Crippen LogP contribution in [0.3, 0.4) is 0 Å². The Kier molecular flexibility index (Phi) is 6.75. The Bertz CT molecular complexity index is 290. The molecule has 0 fully saturated rings. The molecule has 0 saturated heterocycles. The number of likely N-dealkylation sites (N-methyl/N-ethyl adjacent to an activating group) is 1. The minimum atomic E-state index is -0.251. The van der Waals surface area contributed by atoms with Crippen molar-refractivity contribution in [1.82, 2.24) is 5.32 Å². The molecule has 0 bridgehead atoms. The van der Waals surface area contributed by atoms with Crippen LogP contribution in [0, 0.1) is 0 Å². The molecule has 0 aromatic heterocycles. The van der Waals surface area contributed by atoms with E-state index in [4.69, 9.17) is 4.74 Å². The van der Waals surface area contributed by atoms with E-state index in [2.05, 4.69) is 5.32 Å². The van der Waals surface area contributed by atoms with E-state index >= 15 is 0 Å². The lowest BCUT2D eigenvalue weighted by molar-refractivity contribution is -0.146. The second kappa shape index (κ2) is 7.26. The smallest absolute Gasteiger partial charge is 0.323 e. The van der Waals surface area contributed by atoms with Crippen LogP contribution in [0.25, 0.3) is 0 Å². The Morgan fingerprint density at radius 2 is 2.00 bits per heavy atom. The second-order valence-electron chi connectivity index (χ2n) is 3.10. The molecule has 0 aliphatic heterocycles. The molecule has 84 valence electrons. The summed E-state index contributed by atoms with van der Waals surface area (Å²) in [5.74, 6) is -0.226. The zero-order valence-electron chi connectivity index (χ0n) is 8.90. The normalized spacial score (nSPS) is 11.3. The number of esters is 1. The summed E-state index contributed by atoms with van der Waals surface area (Å²) >= 11 is 0. The summed E-state index contributed by atoms with van der Waals surface area (Å²) in [5.41, 5.74) is 1.00. The van der Waals surface area contributed by atoms with E-state index in [1.807, 2.05) is 30.3 Å². The zero-order valence-corrected chi connectivity index (χ0v) is 9.71. The first-order valence-corrected chi connectivity index (χ1v) is 4.62. The van der Waals surface area contributed by atoms with E-state index in [9.17, 15) is 4.79 Å². The van der Waals surface area contributed by atoms with Crippen molar-refractivity contribution in [3.05, 3.63) is 35.9 Å². The van der Waals surface area contributed by atoms with E-state index in [0.29, 0.717) is 6.61 Å². The third-order valence-corrected chi connectivity index (χ3v) is 2.01. The molecule has 1 rings (SSSR count). The van der Waals surface area contributed by atoms with Crippen molar-refractivity contribution in [2.45, 2.75) is 19.6 Å². The molecule has 0 aliphatic rings. The second-order valence-corrected chi connectivity index (χ2v) is 3.10. The average Bonchev–Trinajstić information content (AvgIpc) is 2.26. The van der Waals surface area contributed by atoms with Crippen molar-refractivity contribution in [2.24, 2.45) is 0 Å². The van der Waals surface area contributed by atoms with Crippen LogP contribution in [0.2, 0.25) is 0 Å². The summed E-state index contributed by atoms with van der Waals surface area (Å²) in [6.07, 6.45) is 0. The van der Waals surface area contributed by atoms with Gasteiger partial charge in [-0.2, -0.15) is 0 Å². The molecular formula is C11H16ClNO2. The molecular weight excluding hydrogens is 214 g/mol. The monoisotopic (exact) mass is 229 g/mol. The Labute approximate surface area is 96.2 Å². The Morgan fingerprint density at radius 3 is 2.53 bits per heavy atom. The maximum absolute atomic E-state index is 11.3. The highest BCUT2D eigenvalue weighted by molar-refractivity contribution is 5.85. The molecule has 0 unspecified atom stereocenters. The van der Waals surface area contributed by atoms with E-state index in [1.165, 1.54) is 0 Å². The van der Waals surface area contributed by atoms with Gasteiger partial charge in [0.2, 0.25) is 0 Å². The fourth-order valence-electron chi connectivity index (χ4n) is 0.972. The number of halogens is 1. The van der Waals surface area contributed by atoms with E-state index in [1.54, 1.807) is 14.0 Å². The molecule has 0 amide bonds. The highest BCUT2D eigenvalue weighted by atomic mass is 35.5. The van der Waals surface area contributed by atoms with Crippen molar-refractivity contribution in [2.75, 3.05) is 7.05 Å². The van der Waals surface area contributed by atoms with Crippen LogP contribution in [0.4, 0.5) is 0 Å². The van der Waals surface area contributed by atoms with Crippen molar-refractivity contribution in [3.63, 3.8) is 0 Å². The largest absolute Gasteiger partial charge is 0.460 e. The lowest BCUT2D eigenvalue weighted by atomic mass is 10.2. The van der Waals surface area contributed by atoms with Gasteiger partial charge in [-0.15, -0.1) is 12.4 Å². The summed E-state index contributed by atoms with van der Waals surface area (Å²) in [7, 11) is 1.73. The highest BCUT2D eigenvalue weighted by Crippen LogP contribution is 2.01. The van der Waals surface area contributed by atoms with Crippen LogP contribution in [0.15, 0.2) is 30.3 Å². The third-order valence-electron chi connectivity index (χ3n) is 2.01. The van der Waals surface area contributed by atoms with Crippen LogP contribution < -0.4 is 5.32 Å². The van der Waals surface area contributed by atoms with Gasteiger partial charge in [0.15, 0.2) is 0 Å². The molecule has 4 heteroatoms. The van der Waals surface area contributed by atoms with Gasteiger partial charge in [-0.05, 0) is 19.5 Å². The number of carbonyl (C=O) groups excluding carboxylic acids is 1. The standard InChI is InChI=1S/C11H15NO2.ClH/c1-9(12-2)11(13)14-8-10-6-4-3-5-7-10;/h3-7,9,12H,8H2,1-2H3;1H/t9-;/m0./s1. The zero-order chi connectivity index (χ0) is 10.4. The number of hydrogen-bond acceptors (Lipinski definition) is 3. The third kappa shape index (κ3) is 4.81. The molecule has 1 aromatic rings. The first kappa shape index (κ1) is 13.9. The van der Waals surface area contributed by atoms with Gasteiger partial charge in [0, 0.05) is 0 Å². The van der Waals surface area contributed by atoms with Crippen LogP contribution >= 0.6 is 12.4 Å². The number of nitrogens with one attached hydrogen (secondary N) is 1. The van der Waals surface area contributed by atoms with Gasteiger partial charge >= 0.3 is 5.97 Å². The minimum Gasteiger partial charge on any atom is -0.460 e. The van der Waals surface area contributed by atoms with Gasteiger partial charge in [-0.1, -0.05) is 30.3 Å². The van der Waals surface area contributed by atoms with Gasteiger partial charge in [0.05, 0.1) is 0 Å². The maximum atomic E-state index is 11.3. The fourth-order valence-corrected chi connectivity index (χ4v) is 0.972. The molecule has 0 saturated carbocycles. The van der Waals surface area contributed by atoms with Crippen LogP contribution in [0.5, 0.6) is 0 Å². The van der Waals surface area contributed by atoms with E-state index in [0.717, 1.165) is 5.56 Å². The SMILES string of the molecule is CN[C@@H](C)C(=O)OCc1ccccc1.Cl. The maximum Gasteiger partial charge on any atom is 0.323 e. The first-order valence-electron chi connectivity index (χ1n) is 4.62. The lowest BCUT2D eigenvalue weighted by Gasteiger charge is -2.09. The number of hydrogen-bond donors (Lipinski definition) is 1. The summed E-state index contributed by atoms with van der Waals surface area (Å²) in [4.78, 5) is 11.3. The van der Waals surface area contributed by atoms with Gasteiger partial charge in [-0.25, -0.2) is 0 Å². The molecule has 1 aromatic carbocycles. The fraction of sp³-hybridized carbons (Fsp3) is 0.364. The predicted molar refractivity (Wildman–Crippen MR) is 62.0 cm³/mol. The van der Waals surface area contributed by atoms with Crippen molar-refractivity contribution in [3.8, 4) is 0 Å². The topological polar surface area (TPSA) is 38.3 Å². The summed E-state index contributed by atoms with van der Waals surface area (Å²) in [6.45, 7) is 2.11. The van der Waals surface area contributed by atoms with E-state index in [-0.39, 0.29) is 24.4 Å². The van der Waals surface area contributed by atoms with Crippen LogP contribution in [0.1, 0.15) is 12.5 Å². The molecule has 1 N–H and O–H groups in total. The quantitative estimate of drug-likeness (QED) is 0.800. The van der Waals surface area contributed by atoms with Crippen molar-refractivity contribution in [1.29, 1.82) is 0 Å². The summed E-state index contributed by atoms with van der Waals surface area (Å²) < 4.78 is 5.08. The molecule has 3 nitrogen and oxygen atoms in total. The lowest BCUT2D eigenvalue weighted by Crippen LogP contribution is -2.32. The summed E-state index contributed by atoms with van der Waals surface area (Å²) in [6, 6.07) is 9.38. The van der Waals surface area contributed by atoms with Gasteiger partial charge in [-0.3, -0.25) is 4.79 Å². The van der Waals surface area contributed by atoms with Crippen LogP contribution in [-0.4, -0.2) is 19.1 Å². The summed E-state index contributed by atoms with van der Waals surface area (Å²) in [5, 5.41) is 2.83. The van der Waals surface area contributed by atoms with Gasteiger partial charge < -0.3 is 10.1 Å².